The van der Waals surface area contributed by atoms with Crippen molar-refractivity contribution in [3.63, 3.8) is 0 Å². The smallest absolute Gasteiger partial charge is 0.182 e. The van der Waals surface area contributed by atoms with Crippen LogP contribution in [0.2, 0.25) is 0 Å². The maximum Gasteiger partial charge on any atom is 0.182 e. The van der Waals surface area contributed by atoms with E-state index < -0.39 is 0 Å². The normalized spacial score (nSPS) is 13.3. The summed E-state index contributed by atoms with van der Waals surface area (Å²) in [7, 11) is 0. The van der Waals surface area contributed by atoms with Gasteiger partial charge in [-0.15, -0.1) is 5.10 Å². The zero-order valence-electron chi connectivity index (χ0n) is 14.7. The number of aromatic nitrogens is 6. The molecule has 1 aliphatic rings. The van der Waals surface area contributed by atoms with E-state index >= 15 is 0 Å². The fourth-order valence-electron chi connectivity index (χ4n) is 3.38. The van der Waals surface area contributed by atoms with Gasteiger partial charge in [0.1, 0.15) is 19.5 Å². The number of fused-ring (bicyclic) bond motifs is 4. The molecule has 28 heavy (non-hydrogen) atoms. The molecule has 3 aromatic heterocycles. The zero-order chi connectivity index (χ0) is 18.5. The molecular formula is C20H14N6O2. The summed E-state index contributed by atoms with van der Waals surface area (Å²) in [6, 6.07) is 15.6. The lowest BCUT2D eigenvalue weighted by Gasteiger charge is -2.18. The summed E-state index contributed by atoms with van der Waals surface area (Å²) in [5, 5.41) is 9.90. The Morgan fingerprint density at radius 1 is 0.893 bits per heavy atom. The molecular weight excluding hydrogens is 356 g/mol. The van der Waals surface area contributed by atoms with E-state index in [2.05, 4.69) is 15.2 Å². The first-order chi connectivity index (χ1) is 13.9. The molecule has 1 aliphatic heterocycles. The number of hydrogen-bond donors (Lipinski definition) is 0. The molecule has 4 heterocycles. The molecule has 0 atom stereocenters. The average Bonchev–Trinajstić information content (AvgIpc) is 3.38. The Morgan fingerprint density at radius 3 is 2.64 bits per heavy atom. The van der Waals surface area contributed by atoms with Crippen molar-refractivity contribution < 1.29 is 9.47 Å². The largest absolute Gasteiger partial charge is 0.486 e. The Kier molecular flexibility index (Phi) is 3.13. The van der Waals surface area contributed by atoms with Gasteiger partial charge in [-0.05, 0) is 30.3 Å². The van der Waals surface area contributed by atoms with Gasteiger partial charge in [-0.25, -0.2) is 19.2 Å². The second-order valence-corrected chi connectivity index (χ2v) is 6.44. The van der Waals surface area contributed by atoms with Crippen molar-refractivity contribution in [2.75, 3.05) is 13.2 Å². The summed E-state index contributed by atoms with van der Waals surface area (Å²) in [6.45, 7) is 1.10. The molecule has 2 aromatic carbocycles. The van der Waals surface area contributed by atoms with Crippen molar-refractivity contribution in [1.29, 1.82) is 0 Å². The molecule has 0 amide bonds. The van der Waals surface area contributed by atoms with Gasteiger partial charge in [0.05, 0.1) is 17.3 Å². The van der Waals surface area contributed by atoms with Gasteiger partial charge in [-0.1, -0.05) is 18.2 Å². The van der Waals surface area contributed by atoms with E-state index in [0.29, 0.717) is 30.4 Å². The average molecular weight is 370 g/mol. The predicted octanol–water partition coefficient (Wildman–Crippen LogP) is 2.90. The molecule has 0 N–H and O–H groups in total. The number of para-hydroxylation sites is 1. The summed E-state index contributed by atoms with van der Waals surface area (Å²) in [5.41, 5.74) is 3.24. The van der Waals surface area contributed by atoms with Gasteiger partial charge in [0, 0.05) is 5.56 Å². The molecule has 8 nitrogen and oxygen atoms in total. The van der Waals surface area contributed by atoms with Crippen LogP contribution in [-0.4, -0.2) is 42.6 Å². The Bertz CT molecular complexity index is 1330. The van der Waals surface area contributed by atoms with E-state index in [-0.39, 0.29) is 0 Å². The first kappa shape index (κ1) is 15.2. The molecule has 6 rings (SSSR count). The number of rotatable bonds is 2. The Balaban J connectivity index is 1.50. The van der Waals surface area contributed by atoms with E-state index in [0.717, 1.165) is 28.0 Å². The third-order valence-corrected chi connectivity index (χ3v) is 4.71. The van der Waals surface area contributed by atoms with Gasteiger partial charge in [0.25, 0.3) is 0 Å². The highest BCUT2D eigenvalue weighted by molar-refractivity contribution is 5.90. The van der Waals surface area contributed by atoms with Crippen LogP contribution < -0.4 is 9.47 Å². The molecule has 0 spiro atoms. The van der Waals surface area contributed by atoms with E-state index in [1.165, 1.54) is 0 Å². The molecule has 0 aliphatic carbocycles. The number of nitrogens with zero attached hydrogens (tertiary/aromatic N) is 6. The third kappa shape index (κ3) is 2.24. The van der Waals surface area contributed by atoms with Crippen molar-refractivity contribution in [2.24, 2.45) is 0 Å². The number of benzene rings is 2. The molecule has 0 saturated carbocycles. The molecule has 8 heteroatoms. The SMILES string of the molecule is c1ccc(-n2ncc3c2ncn2nc(-c4ccc5c(c4)OCCO5)nc32)cc1. The number of ether oxygens (including phenoxy) is 2. The molecule has 0 unspecified atom stereocenters. The summed E-state index contributed by atoms with van der Waals surface area (Å²) < 4.78 is 14.7. The standard InChI is InChI=1S/C20H14N6O2/c1-2-4-14(5-3-1)26-19-15(11-22-26)20-23-18(24-25(20)12-21-19)13-6-7-16-17(10-13)28-9-8-27-16/h1-7,10-12H,8-9H2. The summed E-state index contributed by atoms with van der Waals surface area (Å²) in [4.78, 5) is 9.27. The van der Waals surface area contributed by atoms with Crippen molar-refractivity contribution in [1.82, 2.24) is 29.4 Å². The molecule has 5 aromatic rings. The lowest BCUT2D eigenvalue weighted by Crippen LogP contribution is -2.15. The minimum atomic E-state index is 0.540. The van der Waals surface area contributed by atoms with Gasteiger partial charge in [-0.3, -0.25) is 0 Å². The fraction of sp³-hybridized carbons (Fsp3) is 0.100. The van der Waals surface area contributed by atoms with E-state index in [9.17, 15) is 0 Å². The van der Waals surface area contributed by atoms with Crippen LogP contribution >= 0.6 is 0 Å². The van der Waals surface area contributed by atoms with Crippen LogP contribution in [0.15, 0.2) is 61.1 Å². The minimum absolute atomic E-state index is 0.540. The fourth-order valence-corrected chi connectivity index (χ4v) is 3.38. The van der Waals surface area contributed by atoms with Crippen molar-refractivity contribution in [3.05, 3.63) is 61.1 Å². The van der Waals surface area contributed by atoms with Crippen molar-refractivity contribution >= 4 is 16.7 Å². The van der Waals surface area contributed by atoms with Gasteiger partial charge < -0.3 is 9.47 Å². The minimum Gasteiger partial charge on any atom is -0.486 e. The molecule has 0 bridgehead atoms. The maximum absolute atomic E-state index is 5.67. The van der Waals surface area contributed by atoms with E-state index in [1.54, 1.807) is 21.7 Å². The quantitative estimate of drug-likeness (QED) is 0.475. The van der Waals surface area contributed by atoms with E-state index in [1.807, 2.05) is 48.5 Å². The van der Waals surface area contributed by atoms with Crippen LogP contribution in [0.5, 0.6) is 11.5 Å². The molecule has 0 fully saturated rings. The maximum atomic E-state index is 5.67. The highest BCUT2D eigenvalue weighted by Crippen LogP contribution is 2.34. The van der Waals surface area contributed by atoms with Gasteiger partial charge in [0.15, 0.2) is 28.6 Å². The highest BCUT2D eigenvalue weighted by atomic mass is 16.6. The van der Waals surface area contributed by atoms with Gasteiger partial charge in [0.2, 0.25) is 0 Å². The summed E-state index contributed by atoms with van der Waals surface area (Å²) >= 11 is 0. The van der Waals surface area contributed by atoms with Crippen LogP contribution in [0, 0.1) is 0 Å². The lowest BCUT2D eigenvalue weighted by molar-refractivity contribution is 0.171. The second kappa shape index (κ2) is 5.78. The first-order valence-corrected chi connectivity index (χ1v) is 8.91. The second-order valence-electron chi connectivity index (χ2n) is 6.44. The topological polar surface area (TPSA) is 79.4 Å². The Labute approximate surface area is 159 Å². The van der Waals surface area contributed by atoms with Crippen LogP contribution in [0.4, 0.5) is 0 Å². The molecule has 0 saturated heterocycles. The first-order valence-electron chi connectivity index (χ1n) is 8.91. The van der Waals surface area contributed by atoms with Crippen LogP contribution in [0.3, 0.4) is 0 Å². The Morgan fingerprint density at radius 2 is 1.75 bits per heavy atom. The highest BCUT2D eigenvalue weighted by Gasteiger charge is 2.17. The summed E-state index contributed by atoms with van der Waals surface area (Å²) in [5.74, 6) is 2.05. The number of hydrogen-bond acceptors (Lipinski definition) is 6. The van der Waals surface area contributed by atoms with Crippen LogP contribution in [-0.2, 0) is 0 Å². The third-order valence-electron chi connectivity index (χ3n) is 4.71. The summed E-state index contributed by atoms with van der Waals surface area (Å²) in [6.07, 6.45) is 3.43. The van der Waals surface area contributed by atoms with Crippen LogP contribution in [0.25, 0.3) is 33.8 Å². The Hall–Kier alpha value is -3.94. The van der Waals surface area contributed by atoms with Crippen LogP contribution in [0.1, 0.15) is 0 Å². The molecule has 0 radical (unpaired) electrons. The van der Waals surface area contributed by atoms with Crippen molar-refractivity contribution in [2.45, 2.75) is 0 Å². The molecule has 136 valence electrons. The van der Waals surface area contributed by atoms with Crippen molar-refractivity contribution in [3.8, 4) is 28.6 Å². The van der Waals surface area contributed by atoms with Gasteiger partial charge >= 0.3 is 0 Å². The lowest BCUT2D eigenvalue weighted by atomic mass is 10.2. The van der Waals surface area contributed by atoms with Gasteiger partial charge in [-0.2, -0.15) is 5.10 Å². The zero-order valence-corrected chi connectivity index (χ0v) is 14.7. The predicted molar refractivity (Wildman–Crippen MR) is 102 cm³/mol. The van der Waals surface area contributed by atoms with E-state index in [4.69, 9.17) is 14.5 Å². The monoisotopic (exact) mass is 370 g/mol.